The highest BCUT2D eigenvalue weighted by molar-refractivity contribution is 7.91. The van der Waals surface area contributed by atoms with Crippen molar-refractivity contribution >= 4 is 15.7 Å². The number of benzene rings is 1. The van der Waals surface area contributed by atoms with Gasteiger partial charge in [-0.2, -0.15) is 0 Å². The van der Waals surface area contributed by atoms with Gasteiger partial charge in [-0.15, -0.1) is 0 Å². The molecular weight excluding hydrogens is 250 g/mol. The number of sulfone groups is 1. The molecule has 1 amide bonds. The molecule has 5 heteroatoms. The second-order valence-electron chi connectivity index (χ2n) is 4.15. The molecule has 0 fully saturated rings. The fraction of sp³-hybridized carbons (Fsp3) is 0.462. The summed E-state index contributed by atoms with van der Waals surface area (Å²) >= 11 is 0. The van der Waals surface area contributed by atoms with Gasteiger partial charge in [-0.25, -0.2) is 8.42 Å². The lowest BCUT2D eigenvalue weighted by atomic mass is 10.2. The van der Waals surface area contributed by atoms with E-state index in [1.165, 1.54) is 6.92 Å². The van der Waals surface area contributed by atoms with Crippen molar-refractivity contribution in [2.75, 3.05) is 12.3 Å². The molecule has 0 saturated heterocycles. The van der Waals surface area contributed by atoms with Crippen molar-refractivity contribution in [2.24, 2.45) is 0 Å². The van der Waals surface area contributed by atoms with E-state index in [9.17, 15) is 13.2 Å². The second kappa shape index (κ2) is 6.54. The van der Waals surface area contributed by atoms with Crippen molar-refractivity contribution in [1.29, 1.82) is 0 Å². The fourth-order valence-corrected chi connectivity index (χ4v) is 2.89. The van der Waals surface area contributed by atoms with Crippen LogP contribution in [0, 0.1) is 0 Å². The quantitative estimate of drug-likeness (QED) is 0.797. The van der Waals surface area contributed by atoms with Crippen LogP contribution in [-0.2, 0) is 21.1 Å². The second-order valence-corrected chi connectivity index (χ2v) is 6.26. The number of carbonyl (C=O) groups excluding carboxylic acids is 1. The van der Waals surface area contributed by atoms with Crippen LogP contribution in [0.5, 0.6) is 0 Å². The van der Waals surface area contributed by atoms with E-state index in [0.717, 1.165) is 12.0 Å². The molecule has 4 nitrogen and oxygen atoms in total. The predicted octanol–water partition coefficient (Wildman–Crippen LogP) is 1.55. The van der Waals surface area contributed by atoms with Crippen molar-refractivity contribution in [1.82, 2.24) is 5.32 Å². The monoisotopic (exact) mass is 269 g/mol. The molecule has 1 aromatic carbocycles. The van der Waals surface area contributed by atoms with Gasteiger partial charge >= 0.3 is 0 Å². The molecule has 0 aliphatic heterocycles. The van der Waals surface area contributed by atoms with Crippen LogP contribution in [0.1, 0.15) is 25.8 Å². The summed E-state index contributed by atoms with van der Waals surface area (Å²) in [4.78, 5) is 11.0. The van der Waals surface area contributed by atoms with Crippen molar-refractivity contribution in [3.63, 3.8) is 0 Å². The number of aryl methyl sites for hydroxylation is 1. The van der Waals surface area contributed by atoms with Crippen molar-refractivity contribution in [3.8, 4) is 0 Å². The van der Waals surface area contributed by atoms with Crippen molar-refractivity contribution in [3.05, 3.63) is 29.8 Å². The van der Waals surface area contributed by atoms with Gasteiger partial charge in [-0.05, 0) is 30.5 Å². The maximum atomic E-state index is 12.0. The Labute approximate surface area is 108 Å². The SMILES string of the molecule is CCc1ccc(S(=O)(=O)CCCNC(C)=O)cc1. The van der Waals surface area contributed by atoms with E-state index in [-0.39, 0.29) is 11.7 Å². The molecular formula is C13H19NO3S. The third-order valence-electron chi connectivity index (χ3n) is 2.65. The van der Waals surface area contributed by atoms with Gasteiger partial charge in [0.15, 0.2) is 9.84 Å². The molecule has 18 heavy (non-hydrogen) atoms. The van der Waals surface area contributed by atoms with E-state index in [0.29, 0.717) is 17.9 Å². The molecule has 0 atom stereocenters. The van der Waals surface area contributed by atoms with Crippen LogP contribution in [-0.4, -0.2) is 26.6 Å². The van der Waals surface area contributed by atoms with Crippen LogP contribution in [0.4, 0.5) is 0 Å². The average Bonchev–Trinajstić information content (AvgIpc) is 2.34. The Morgan fingerprint density at radius 1 is 1.22 bits per heavy atom. The van der Waals surface area contributed by atoms with Crippen LogP contribution >= 0.6 is 0 Å². The maximum Gasteiger partial charge on any atom is 0.216 e. The van der Waals surface area contributed by atoms with E-state index >= 15 is 0 Å². The molecule has 0 aliphatic carbocycles. The molecule has 0 radical (unpaired) electrons. The summed E-state index contributed by atoms with van der Waals surface area (Å²) in [5, 5.41) is 2.58. The molecule has 0 unspecified atom stereocenters. The number of amides is 1. The zero-order valence-electron chi connectivity index (χ0n) is 10.8. The normalized spacial score (nSPS) is 11.2. The van der Waals surface area contributed by atoms with E-state index < -0.39 is 9.84 Å². The molecule has 0 bridgehead atoms. The standard InChI is InChI=1S/C13H19NO3S/c1-3-12-5-7-13(8-6-12)18(16,17)10-4-9-14-11(2)15/h5-8H,3-4,9-10H2,1-2H3,(H,14,15). The summed E-state index contributed by atoms with van der Waals surface area (Å²) in [5.41, 5.74) is 1.12. The van der Waals surface area contributed by atoms with Gasteiger partial charge in [0, 0.05) is 13.5 Å². The minimum absolute atomic E-state index is 0.0543. The third-order valence-corrected chi connectivity index (χ3v) is 4.47. The molecule has 100 valence electrons. The number of hydrogen-bond acceptors (Lipinski definition) is 3. The molecule has 1 N–H and O–H groups in total. The lowest BCUT2D eigenvalue weighted by Crippen LogP contribution is -2.23. The predicted molar refractivity (Wildman–Crippen MR) is 71.2 cm³/mol. The zero-order chi connectivity index (χ0) is 13.6. The van der Waals surface area contributed by atoms with Gasteiger partial charge in [0.2, 0.25) is 5.91 Å². The smallest absolute Gasteiger partial charge is 0.216 e. The van der Waals surface area contributed by atoms with Gasteiger partial charge < -0.3 is 5.32 Å². The molecule has 1 aromatic rings. The fourth-order valence-electron chi connectivity index (χ4n) is 1.58. The highest BCUT2D eigenvalue weighted by atomic mass is 32.2. The average molecular weight is 269 g/mol. The summed E-state index contributed by atoms with van der Waals surface area (Å²) in [5.74, 6) is -0.0849. The molecule has 0 spiro atoms. The van der Waals surface area contributed by atoms with E-state index in [1.54, 1.807) is 12.1 Å². The topological polar surface area (TPSA) is 63.2 Å². The maximum absolute atomic E-state index is 12.0. The number of hydrogen-bond donors (Lipinski definition) is 1. The molecule has 0 saturated carbocycles. The van der Waals surface area contributed by atoms with Gasteiger partial charge in [0.05, 0.1) is 10.6 Å². The largest absolute Gasteiger partial charge is 0.356 e. The number of rotatable bonds is 6. The summed E-state index contributed by atoms with van der Waals surface area (Å²) < 4.78 is 23.9. The number of nitrogens with one attached hydrogen (secondary N) is 1. The Kier molecular flexibility index (Phi) is 5.34. The Hall–Kier alpha value is -1.36. The van der Waals surface area contributed by atoms with Gasteiger partial charge in [-0.3, -0.25) is 4.79 Å². The van der Waals surface area contributed by atoms with Crippen LogP contribution < -0.4 is 5.32 Å². The molecule has 0 heterocycles. The first-order valence-electron chi connectivity index (χ1n) is 6.02. The first-order valence-corrected chi connectivity index (χ1v) is 7.67. The van der Waals surface area contributed by atoms with E-state index in [1.807, 2.05) is 19.1 Å². The van der Waals surface area contributed by atoms with Gasteiger partial charge in [0.1, 0.15) is 0 Å². The Morgan fingerprint density at radius 3 is 2.33 bits per heavy atom. The van der Waals surface area contributed by atoms with Gasteiger partial charge in [-0.1, -0.05) is 19.1 Å². The van der Waals surface area contributed by atoms with E-state index in [4.69, 9.17) is 0 Å². The lowest BCUT2D eigenvalue weighted by molar-refractivity contribution is -0.118. The molecule has 0 aliphatic rings. The lowest BCUT2D eigenvalue weighted by Gasteiger charge is -2.06. The summed E-state index contributed by atoms with van der Waals surface area (Å²) in [6.45, 7) is 3.83. The first kappa shape index (κ1) is 14.7. The minimum atomic E-state index is -3.23. The summed E-state index contributed by atoms with van der Waals surface area (Å²) in [6, 6.07) is 6.96. The van der Waals surface area contributed by atoms with E-state index in [2.05, 4.69) is 5.32 Å². The molecule has 1 rings (SSSR count). The first-order chi connectivity index (χ1) is 8.45. The highest BCUT2D eigenvalue weighted by Crippen LogP contribution is 2.13. The Bertz CT molecular complexity index is 491. The summed E-state index contributed by atoms with van der Waals surface area (Å²) in [6.07, 6.45) is 1.32. The highest BCUT2D eigenvalue weighted by Gasteiger charge is 2.13. The third kappa shape index (κ3) is 4.49. The Balaban J connectivity index is 2.59. The zero-order valence-corrected chi connectivity index (χ0v) is 11.6. The summed E-state index contributed by atoms with van der Waals surface area (Å²) in [7, 11) is -3.23. The van der Waals surface area contributed by atoms with Crippen LogP contribution in [0.3, 0.4) is 0 Å². The number of carbonyl (C=O) groups is 1. The van der Waals surface area contributed by atoms with Crippen LogP contribution in [0.25, 0.3) is 0 Å². The molecule has 0 aromatic heterocycles. The van der Waals surface area contributed by atoms with Crippen molar-refractivity contribution < 1.29 is 13.2 Å². The Morgan fingerprint density at radius 2 is 1.83 bits per heavy atom. The van der Waals surface area contributed by atoms with Crippen LogP contribution in [0.15, 0.2) is 29.2 Å². The van der Waals surface area contributed by atoms with Gasteiger partial charge in [0.25, 0.3) is 0 Å². The minimum Gasteiger partial charge on any atom is -0.356 e. The van der Waals surface area contributed by atoms with Crippen LogP contribution in [0.2, 0.25) is 0 Å². The van der Waals surface area contributed by atoms with Crippen molar-refractivity contribution in [2.45, 2.75) is 31.6 Å².